The summed E-state index contributed by atoms with van der Waals surface area (Å²) < 4.78 is 5.22. The lowest BCUT2D eigenvalue weighted by Gasteiger charge is -2.40. The molecule has 0 saturated carbocycles. The van der Waals surface area contributed by atoms with Crippen molar-refractivity contribution in [1.29, 1.82) is 0 Å². The van der Waals surface area contributed by atoms with Crippen molar-refractivity contribution in [2.75, 3.05) is 19.8 Å². The number of rotatable bonds is 4. The molecule has 0 bridgehead atoms. The third-order valence-electron chi connectivity index (χ3n) is 3.23. The molecule has 16 heavy (non-hydrogen) atoms. The highest BCUT2D eigenvalue weighted by Crippen LogP contribution is 2.30. The zero-order chi connectivity index (χ0) is 11.4. The summed E-state index contributed by atoms with van der Waals surface area (Å²) in [4.78, 5) is 11.8. The van der Waals surface area contributed by atoms with Crippen LogP contribution in [0.5, 0.6) is 0 Å². The summed E-state index contributed by atoms with van der Waals surface area (Å²) >= 11 is 0. The highest BCUT2D eigenvalue weighted by Gasteiger charge is 2.36. The van der Waals surface area contributed by atoms with Crippen molar-refractivity contribution >= 4 is 5.91 Å². The minimum absolute atomic E-state index is 0.000301. The van der Waals surface area contributed by atoms with Gasteiger partial charge in [0.05, 0.1) is 13.2 Å². The Morgan fingerprint density at radius 1 is 1.38 bits per heavy atom. The van der Waals surface area contributed by atoms with Gasteiger partial charge in [-0.15, -0.1) is 0 Å². The Kier molecular flexibility index (Phi) is 3.25. The van der Waals surface area contributed by atoms with E-state index in [1.807, 2.05) is 30.3 Å². The van der Waals surface area contributed by atoms with Crippen LogP contribution in [0.3, 0.4) is 0 Å². The van der Waals surface area contributed by atoms with E-state index in [1.165, 1.54) is 0 Å². The summed E-state index contributed by atoms with van der Waals surface area (Å²) in [6.07, 6.45) is 1.04. The van der Waals surface area contributed by atoms with Crippen LogP contribution in [0, 0.1) is 5.41 Å². The minimum Gasteiger partial charge on any atom is -0.380 e. The second kappa shape index (κ2) is 4.66. The second-order valence-corrected chi connectivity index (χ2v) is 4.40. The maximum Gasteiger partial charge on any atom is 0.251 e. The van der Waals surface area contributed by atoms with Crippen LogP contribution in [0.4, 0.5) is 0 Å². The smallest absolute Gasteiger partial charge is 0.251 e. The van der Waals surface area contributed by atoms with E-state index in [1.54, 1.807) is 0 Å². The first kappa shape index (κ1) is 11.1. The number of amides is 1. The molecule has 1 aromatic rings. The van der Waals surface area contributed by atoms with Gasteiger partial charge in [-0.2, -0.15) is 0 Å². The minimum atomic E-state index is 0.000301. The van der Waals surface area contributed by atoms with Crippen LogP contribution in [0.25, 0.3) is 0 Å². The van der Waals surface area contributed by atoms with Gasteiger partial charge in [0, 0.05) is 17.5 Å². The molecule has 1 aromatic carbocycles. The summed E-state index contributed by atoms with van der Waals surface area (Å²) in [7, 11) is 0. The van der Waals surface area contributed by atoms with Gasteiger partial charge in [-0.05, 0) is 18.6 Å². The summed E-state index contributed by atoms with van der Waals surface area (Å²) in [5, 5.41) is 2.97. The van der Waals surface area contributed by atoms with Crippen LogP contribution in [0.1, 0.15) is 23.7 Å². The fourth-order valence-electron chi connectivity index (χ4n) is 1.78. The Morgan fingerprint density at radius 2 is 2.06 bits per heavy atom. The molecule has 0 radical (unpaired) electrons. The normalized spacial score (nSPS) is 17.6. The molecule has 1 fully saturated rings. The Labute approximate surface area is 95.8 Å². The van der Waals surface area contributed by atoms with E-state index in [2.05, 4.69) is 12.2 Å². The molecule has 86 valence electrons. The monoisotopic (exact) mass is 219 g/mol. The second-order valence-electron chi connectivity index (χ2n) is 4.40. The maximum absolute atomic E-state index is 11.8. The average molecular weight is 219 g/mol. The molecular weight excluding hydrogens is 202 g/mol. The Balaban J connectivity index is 1.89. The topological polar surface area (TPSA) is 38.3 Å². The summed E-state index contributed by atoms with van der Waals surface area (Å²) in [6.45, 7) is 4.37. The summed E-state index contributed by atoms with van der Waals surface area (Å²) in [6, 6.07) is 9.30. The van der Waals surface area contributed by atoms with Crippen molar-refractivity contribution in [2.24, 2.45) is 5.41 Å². The van der Waals surface area contributed by atoms with Crippen molar-refractivity contribution in [3.63, 3.8) is 0 Å². The number of carbonyl (C=O) groups is 1. The molecule has 1 aliphatic rings. The molecule has 0 atom stereocenters. The molecule has 0 aromatic heterocycles. The SMILES string of the molecule is CCC1(CNC(=O)c2ccccc2)COC1. The van der Waals surface area contributed by atoms with Gasteiger partial charge in [-0.25, -0.2) is 0 Å². The fourth-order valence-corrected chi connectivity index (χ4v) is 1.78. The van der Waals surface area contributed by atoms with Crippen molar-refractivity contribution in [3.8, 4) is 0 Å². The molecule has 1 saturated heterocycles. The third kappa shape index (κ3) is 2.25. The first-order valence-corrected chi connectivity index (χ1v) is 5.67. The molecule has 1 amide bonds. The molecule has 0 unspecified atom stereocenters. The van der Waals surface area contributed by atoms with Crippen LogP contribution in [0.2, 0.25) is 0 Å². The number of hydrogen-bond acceptors (Lipinski definition) is 2. The van der Waals surface area contributed by atoms with E-state index in [-0.39, 0.29) is 11.3 Å². The summed E-state index contributed by atoms with van der Waals surface area (Å²) in [5.41, 5.74) is 0.888. The predicted octanol–water partition coefficient (Wildman–Crippen LogP) is 1.84. The van der Waals surface area contributed by atoms with E-state index in [9.17, 15) is 4.79 Å². The third-order valence-corrected chi connectivity index (χ3v) is 3.23. The predicted molar refractivity (Wildman–Crippen MR) is 62.3 cm³/mol. The lowest BCUT2D eigenvalue weighted by atomic mass is 9.83. The molecule has 3 nitrogen and oxygen atoms in total. The molecule has 1 heterocycles. The fraction of sp³-hybridized carbons (Fsp3) is 0.462. The number of hydrogen-bond donors (Lipinski definition) is 1. The number of ether oxygens (including phenoxy) is 1. The molecular formula is C13H17NO2. The Morgan fingerprint density at radius 3 is 2.56 bits per heavy atom. The van der Waals surface area contributed by atoms with Gasteiger partial charge in [-0.3, -0.25) is 4.79 Å². The van der Waals surface area contributed by atoms with Crippen LogP contribution in [0.15, 0.2) is 30.3 Å². The zero-order valence-corrected chi connectivity index (χ0v) is 9.53. The maximum atomic E-state index is 11.8. The van der Waals surface area contributed by atoms with Crippen LogP contribution in [-0.2, 0) is 4.74 Å². The lowest BCUT2D eigenvalue weighted by Crippen LogP contribution is -2.50. The van der Waals surface area contributed by atoms with E-state index >= 15 is 0 Å². The average Bonchev–Trinajstić information content (AvgIpc) is 2.29. The Hall–Kier alpha value is -1.35. The first-order valence-electron chi connectivity index (χ1n) is 5.67. The van der Waals surface area contributed by atoms with Crippen molar-refractivity contribution < 1.29 is 9.53 Å². The van der Waals surface area contributed by atoms with E-state index in [0.717, 1.165) is 19.6 Å². The van der Waals surface area contributed by atoms with Crippen molar-refractivity contribution in [2.45, 2.75) is 13.3 Å². The highest BCUT2D eigenvalue weighted by molar-refractivity contribution is 5.94. The zero-order valence-electron chi connectivity index (χ0n) is 9.53. The number of nitrogens with one attached hydrogen (secondary N) is 1. The van der Waals surface area contributed by atoms with Gasteiger partial charge >= 0.3 is 0 Å². The van der Waals surface area contributed by atoms with Gasteiger partial charge in [0.15, 0.2) is 0 Å². The molecule has 3 heteroatoms. The molecule has 0 aliphatic carbocycles. The van der Waals surface area contributed by atoms with Gasteiger partial charge in [0.2, 0.25) is 0 Å². The number of benzene rings is 1. The van der Waals surface area contributed by atoms with Crippen LogP contribution in [-0.4, -0.2) is 25.7 Å². The van der Waals surface area contributed by atoms with Crippen molar-refractivity contribution in [3.05, 3.63) is 35.9 Å². The Bertz CT molecular complexity index is 352. The van der Waals surface area contributed by atoms with Gasteiger partial charge in [0.1, 0.15) is 0 Å². The van der Waals surface area contributed by atoms with Crippen molar-refractivity contribution in [1.82, 2.24) is 5.32 Å². The largest absolute Gasteiger partial charge is 0.380 e. The van der Waals surface area contributed by atoms with Crippen LogP contribution >= 0.6 is 0 Å². The molecule has 0 spiro atoms. The molecule has 1 N–H and O–H groups in total. The summed E-state index contributed by atoms with van der Waals surface area (Å²) in [5.74, 6) is 0.000301. The van der Waals surface area contributed by atoms with Gasteiger partial charge < -0.3 is 10.1 Å². The van der Waals surface area contributed by atoms with Gasteiger partial charge in [-0.1, -0.05) is 25.1 Å². The lowest BCUT2D eigenvalue weighted by molar-refractivity contribution is -0.111. The number of carbonyl (C=O) groups excluding carboxylic acids is 1. The molecule has 1 aliphatic heterocycles. The highest BCUT2D eigenvalue weighted by atomic mass is 16.5. The standard InChI is InChI=1S/C13H17NO2/c1-2-13(9-16-10-13)8-14-12(15)11-6-4-3-5-7-11/h3-7H,2,8-10H2,1H3,(H,14,15). The van der Waals surface area contributed by atoms with E-state index in [0.29, 0.717) is 12.1 Å². The van der Waals surface area contributed by atoms with Gasteiger partial charge in [0.25, 0.3) is 5.91 Å². The quantitative estimate of drug-likeness (QED) is 0.839. The van der Waals surface area contributed by atoms with E-state index < -0.39 is 0 Å². The first-order chi connectivity index (χ1) is 7.76. The van der Waals surface area contributed by atoms with E-state index in [4.69, 9.17) is 4.74 Å². The van der Waals surface area contributed by atoms with Crippen LogP contribution < -0.4 is 5.32 Å². The molecule has 2 rings (SSSR count).